The Balaban J connectivity index is 1.73. The predicted octanol–water partition coefficient (Wildman–Crippen LogP) is 5.94. The van der Waals surface area contributed by atoms with Crippen LogP contribution in [-0.4, -0.2) is 36.4 Å². The van der Waals surface area contributed by atoms with Gasteiger partial charge in [-0.05, 0) is 49.6 Å². The van der Waals surface area contributed by atoms with Crippen molar-refractivity contribution in [3.05, 3.63) is 63.7 Å². The number of piperidine rings is 1. The summed E-state index contributed by atoms with van der Waals surface area (Å²) in [7, 11) is 0. The Morgan fingerprint density at radius 2 is 1.87 bits per heavy atom. The van der Waals surface area contributed by atoms with Gasteiger partial charge in [0.2, 0.25) is 5.91 Å². The van der Waals surface area contributed by atoms with E-state index in [1.807, 2.05) is 49.3 Å². The van der Waals surface area contributed by atoms with Crippen molar-refractivity contribution in [1.29, 1.82) is 0 Å². The van der Waals surface area contributed by atoms with Gasteiger partial charge < -0.3 is 9.64 Å². The molecule has 0 saturated carbocycles. The molecule has 0 radical (unpaired) electrons. The van der Waals surface area contributed by atoms with E-state index in [1.165, 1.54) is 17.8 Å². The van der Waals surface area contributed by atoms with E-state index < -0.39 is 0 Å². The van der Waals surface area contributed by atoms with Gasteiger partial charge in [-0.15, -0.1) is 0 Å². The van der Waals surface area contributed by atoms with Gasteiger partial charge in [0.1, 0.15) is 11.7 Å². The highest BCUT2D eigenvalue weighted by Crippen LogP contribution is 2.42. The maximum Gasteiger partial charge on any atom is 0.246 e. The van der Waals surface area contributed by atoms with Crippen LogP contribution in [0.4, 0.5) is 0 Å². The van der Waals surface area contributed by atoms with Gasteiger partial charge in [0.25, 0.3) is 0 Å². The SMILES string of the molecule is CCOc1ccccc1Sc1ccc(/C=C/C(=O)N2CCC(=C=O)CC2)c(Cl)c1Cl. The summed E-state index contributed by atoms with van der Waals surface area (Å²) in [4.78, 5) is 26.6. The summed E-state index contributed by atoms with van der Waals surface area (Å²) in [5.41, 5.74) is 1.40. The van der Waals surface area contributed by atoms with Gasteiger partial charge >= 0.3 is 0 Å². The lowest BCUT2D eigenvalue weighted by atomic mass is 10.1. The van der Waals surface area contributed by atoms with Crippen molar-refractivity contribution in [2.24, 2.45) is 0 Å². The number of likely N-dealkylation sites (tertiary alicyclic amines) is 1. The maximum atomic E-state index is 12.4. The van der Waals surface area contributed by atoms with Gasteiger partial charge in [-0.1, -0.05) is 53.2 Å². The maximum absolute atomic E-state index is 12.4. The molecule has 0 N–H and O–H groups in total. The van der Waals surface area contributed by atoms with Crippen LogP contribution in [0.1, 0.15) is 25.3 Å². The Kier molecular flexibility index (Phi) is 8.06. The second kappa shape index (κ2) is 10.7. The first-order valence-electron chi connectivity index (χ1n) is 9.61. The van der Waals surface area contributed by atoms with E-state index in [4.69, 9.17) is 27.9 Å². The van der Waals surface area contributed by atoms with Crippen molar-refractivity contribution in [2.75, 3.05) is 19.7 Å². The van der Waals surface area contributed by atoms with Crippen LogP contribution in [0.5, 0.6) is 5.75 Å². The lowest BCUT2D eigenvalue weighted by Crippen LogP contribution is -2.35. The zero-order valence-corrected chi connectivity index (χ0v) is 18.8. The molecular formula is C23H21Cl2NO3S. The minimum atomic E-state index is -0.115. The van der Waals surface area contributed by atoms with Crippen LogP contribution in [0.25, 0.3) is 6.08 Å². The van der Waals surface area contributed by atoms with E-state index in [0.29, 0.717) is 48.1 Å². The summed E-state index contributed by atoms with van der Waals surface area (Å²) in [6, 6.07) is 11.5. The van der Waals surface area contributed by atoms with Crippen LogP contribution in [0.3, 0.4) is 0 Å². The molecule has 0 bridgehead atoms. The predicted molar refractivity (Wildman–Crippen MR) is 122 cm³/mol. The summed E-state index contributed by atoms with van der Waals surface area (Å²) >= 11 is 14.5. The summed E-state index contributed by atoms with van der Waals surface area (Å²) in [6.45, 7) is 3.57. The highest BCUT2D eigenvalue weighted by Gasteiger charge is 2.18. The van der Waals surface area contributed by atoms with Gasteiger partial charge in [-0.25, -0.2) is 4.79 Å². The Bertz CT molecular complexity index is 1010. The number of rotatable bonds is 6. The highest BCUT2D eigenvalue weighted by molar-refractivity contribution is 7.99. The number of carbonyl (C=O) groups excluding carboxylic acids is 2. The molecule has 1 saturated heterocycles. The summed E-state index contributed by atoms with van der Waals surface area (Å²) in [5.74, 6) is 2.61. The highest BCUT2D eigenvalue weighted by atomic mass is 35.5. The molecule has 0 aliphatic carbocycles. The zero-order valence-electron chi connectivity index (χ0n) is 16.5. The van der Waals surface area contributed by atoms with Gasteiger partial charge in [0.05, 0.1) is 21.5 Å². The van der Waals surface area contributed by atoms with E-state index in [-0.39, 0.29) is 5.91 Å². The smallest absolute Gasteiger partial charge is 0.246 e. The van der Waals surface area contributed by atoms with Gasteiger partial charge in [-0.2, -0.15) is 0 Å². The molecule has 1 amide bonds. The van der Waals surface area contributed by atoms with E-state index >= 15 is 0 Å². The Labute approximate surface area is 190 Å². The molecule has 2 aromatic carbocycles. The summed E-state index contributed by atoms with van der Waals surface area (Å²) in [6.07, 6.45) is 4.31. The van der Waals surface area contributed by atoms with E-state index in [2.05, 4.69) is 0 Å². The van der Waals surface area contributed by atoms with E-state index in [9.17, 15) is 9.59 Å². The molecule has 3 rings (SSSR count). The first-order chi connectivity index (χ1) is 14.5. The number of para-hydroxylation sites is 1. The van der Waals surface area contributed by atoms with Crippen molar-refractivity contribution in [1.82, 2.24) is 4.90 Å². The van der Waals surface area contributed by atoms with Crippen molar-refractivity contribution >= 4 is 52.9 Å². The molecule has 0 spiro atoms. The monoisotopic (exact) mass is 461 g/mol. The standard InChI is InChI=1S/C23H21Cl2NO3S/c1-2-29-18-5-3-4-6-19(18)30-20-9-7-17(22(24)23(20)25)8-10-21(28)26-13-11-16(15-27)12-14-26/h3-10H,2,11-14H2,1H3/b10-8+. The third-order valence-corrected chi connectivity index (χ3v) is 6.80. The molecule has 156 valence electrons. The van der Waals surface area contributed by atoms with Crippen LogP contribution in [0.2, 0.25) is 10.0 Å². The second-order valence-electron chi connectivity index (χ2n) is 6.63. The third-order valence-electron chi connectivity index (χ3n) is 4.67. The first kappa shape index (κ1) is 22.5. The summed E-state index contributed by atoms with van der Waals surface area (Å²) < 4.78 is 5.67. The number of amides is 1. The second-order valence-corrected chi connectivity index (χ2v) is 8.47. The topological polar surface area (TPSA) is 46.6 Å². The molecule has 7 heteroatoms. The van der Waals surface area contributed by atoms with E-state index in [0.717, 1.165) is 21.1 Å². The Morgan fingerprint density at radius 3 is 2.57 bits per heavy atom. The quantitative estimate of drug-likeness (QED) is 0.394. The lowest BCUT2D eigenvalue weighted by molar-refractivity contribution is -0.126. The molecule has 1 heterocycles. The molecule has 1 aliphatic heterocycles. The van der Waals surface area contributed by atoms with Crippen LogP contribution in [0.15, 0.2) is 57.8 Å². The fourth-order valence-electron chi connectivity index (χ4n) is 3.05. The summed E-state index contributed by atoms with van der Waals surface area (Å²) in [5, 5.41) is 0.825. The average Bonchev–Trinajstić information content (AvgIpc) is 2.77. The van der Waals surface area contributed by atoms with Crippen LogP contribution >= 0.6 is 35.0 Å². The van der Waals surface area contributed by atoms with Crippen molar-refractivity contribution in [3.63, 3.8) is 0 Å². The molecule has 2 aromatic rings. The van der Waals surface area contributed by atoms with Crippen LogP contribution in [0, 0.1) is 0 Å². The number of carbonyl (C=O) groups is 1. The minimum absolute atomic E-state index is 0.115. The number of hydrogen-bond acceptors (Lipinski definition) is 4. The van der Waals surface area contributed by atoms with Gasteiger partial charge in [0.15, 0.2) is 0 Å². The third kappa shape index (κ3) is 5.50. The minimum Gasteiger partial charge on any atom is -0.493 e. The molecule has 1 fully saturated rings. The van der Waals surface area contributed by atoms with Gasteiger partial charge in [-0.3, -0.25) is 4.79 Å². The largest absolute Gasteiger partial charge is 0.493 e. The Morgan fingerprint density at radius 1 is 1.13 bits per heavy atom. The Hall–Kier alpha value is -2.17. The molecule has 1 aliphatic rings. The average molecular weight is 462 g/mol. The molecule has 30 heavy (non-hydrogen) atoms. The van der Waals surface area contributed by atoms with Crippen LogP contribution in [-0.2, 0) is 9.59 Å². The number of halogens is 2. The first-order valence-corrected chi connectivity index (χ1v) is 11.2. The van der Waals surface area contributed by atoms with Crippen molar-refractivity contribution < 1.29 is 14.3 Å². The number of benzene rings is 2. The molecule has 4 nitrogen and oxygen atoms in total. The normalized spacial score (nSPS) is 14.1. The molecule has 0 atom stereocenters. The fraction of sp³-hybridized carbons (Fsp3) is 0.261. The fourth-order valence-corrected chi connectivity index (χ4v) is 4.56. The number of nitrogens with zero attached hydrogens (tertiary/aromatic N) is 1. The lowest BCUT2D eigenvalue weighted by Gasteiger charge is -2.25. The van der Waals surface area contributed by atoms with Crippen molar-refractivity contribution in [2.45, 2.75) is 29.6 Å². The number of ether oxygens (including phenoxy) is 1. The van der Waals surface area contributed by atoms with Gasteiger partial charge in [0, 0.05) is 29.6 Å². The number of hydrogen-bond donors (Lipinski definition) is 0. The van der Waals surface area contributed by atoms with E-state index in [1.54, 1.807) is 11.0 Å². The molecule has 0 unspecified atom stereocenters. The molecular weight excluding hydrogens is 441 g/mol. The van der Waals surface area contributed by atoms with Crippen molar-refractivity contribution in [3.8, 4) is 5.75 Å². The van der Waals surface area contributed by atoms with Crippen LogP contribution < -0.4 is 4.74 Å². The zero-order chi connectivity index (χ0) is 21.5. The molecule has 0 aromatic heterocycles.